The Kier molecular flexibility index (Phi) is 5.06. The number of oxazole rings is 1. The van der Waals surface area contributed by atoms with Gasteiger partial charge in [0, 0.05) is 12.0 Å². The molecule has 0 bridgehead atoms. The van der Waals surface area contributed by atoms with Crippen LogP contribution in [0.3, 0.4) is 0 Å². The number of aryl methyl sites for hydroxylation is 2. The number of aromatic nitrogens is 1. The van der Waals surface area contributed by atoms with E-state index in [1.807, 2.05) is 61.5 Å². The standard InChI is InChI=1S/C20H19NO3/c1-15-19(21-20(24-15)17-9-3-2-4-10-17)14-23-18-11-5-7-16(13-18)8-6-12-22/h2-5,7,9-13H,6,8,14H2,1H3. The summed E-state index contributed by atoms with van der Waals surface area (Å²) in [5, 5.41) is 0. The molecule has 1 heterocycles. The minimum absolute atomic E-state index is 0.347. The van der Waals surface area contributed by atoms with Crippen LogP contribution >= 0.6 is 0 Å². The van der Waals surface area contributed by atoms with Crippen LogP contribution in [0.2, 0.25) is 0 Å². The lowest BCUT2D eigenvalue weighted by Gasteiger charge is -2.06. The van der Waals surface area contributed by atoms with E-state index in [1.165, 1.54) is 0 Å². The van der Waals surface area contributed by atoms with Crippen molar-refractivity contribution in [1.29, 1.82) is 0 Å². The minimum Gasteiger partial charge on any atom is -0.487 e. The third-order valence-corrected chi connectivity index (χ3v) is 3.74. The van der Waals surface area contributed by atoms with Crippen molar-refractivity contribution in [2.24, 2.45) is 0 Å². The van der Waals surface area contributed by atoms with E-state index in [0.717, 1.165) is 41.0 Å². The molecule has 0 aliphatic heterocycles. The number of nitrogens with zero attached hydrogens (tertiary/aromatic N) is 1. The number of carbonyl (C=O) groups is 1. The second kappa shape index (κ2) is 7.59. The van der Waals surface area contributed by atoms with Crippen LogP contribution in [-0.2, 0) is 17.8 Å². The Bertz CT molecular complexity index is 809. The third kappa shape index (κ3) is 3.90. The summed E-state index contributed by atoms with van der Waals surface area (Å²) in [5.74, 6) is 2.12. The van der Waals surface area contributed by atoms with Crippen molar-refractivity contribution in [3.63, 3.8) is 0 Å². The second-order valence-electron chi connectivity index (χ2n) is 5.53. The molecule has 0 amide bonds. The van der Waals surface area contributed by atoms with Crippen LogP contribution in [0, 0.1) is 6.92 Å². The lowest BCUT2D eigenvalue weighted by atomic mass is 10.1. The van der Waals surface area contributed by atoms with Gasteiger partial charge < -0.3 is 13.9 Å². The number of rotatable bonds is 7. The largest absolute Gasteiger partial charge is 0.487 e. The zero-order valence-electron chi connectivity index (χ0n) is 13.6. The van der Waals surface area contributed by atoms with Crippen LogP contribution in [0.5, 0.6) is 5.75 Å². The Morgan fingerprint density at radius 3 is 2.75 bits per heavy atom. The molecule has 0 saturated carbocycles. The van der Waals surface area contributed by atoms with E-state index in [-0.39, 0.29) is 0 Å². The summed E-state index contributed by atoms with van der Waals surface area (Å²) in [4.78, 5) is 15.0. The molecule has 3 rings (SSSR count). The highest BCUT2D eigenvalue weighted by Gasteiger charge is 2.11. The lowest BCUT2D eigenvalue weighted by molar-refractivity contribution is -0.107. The molecule has 0 fully saturated rings. The molecule has 0 unspecified atom stereocenters. The van der Waals surface area contributed by atoms with Gasteiger partial charge in [-0.2, -0.15) is 0 Å². The maximum atomic E-state index is 10.5. The van der Waals surface area contributed by atoms with E-state index in [1.54, 1.807) is 0 Å². The van der Waals surface area contributed by atoms with E-state index < -0.39 is 0 Å². The van der Waals surface area contributed by atoms with E-state index in [0.29, 0.717) is 18.9 Å². The number of benzene rings is 2. The van der Waals surface area contributed by atoms with Gasteiger partial charge in [0.2, 0.25) is 5.89 Å². The van der Waals surface area contributed by atoms with Gasteiger partial charge in [-0.25, -0.2) is 4.98 Å². The maximum Gasteiger partial charge on any atom is 0.226 e. The smallest absolute Gasteiger partial charge is 0.226 e. The molecule has 3 aromatic rings. The summed E-state index contributed by atoms with van der Waals surface area (Å²) in [6.07, 6.45) is 2.17. The summed E-state index contributed by atoms with van der Waals surface area (Å²) in [6, 6.07) is 17.6. The van der Waals surface area contributed by atoms with Gasteiger partial charge in [0.15, 0.2) is 0 Å². The van der Waals surface area contributed by atoms with Crippen LogP contribution in [0.25, 0.3) is 11.5 Å². The van der Waals surface area contributed by atoms with Crippen molar-refractivity contribution in [3.8, 4) is 17.2 Å². The molecular formula is C20H19NO3. The van der Waals surface area contributed by atoms with E-state index in [2.05, 4.69) is 4.98 Å². The number of hydrogen-bond acceptors (Lipinski definition) is 4. The fraction of sp³-hybridized carbons (Fsp3) is 0.200. The lowest BCUT2D eigenvalue weighted by Crippen LogP contribution is -1.98. The number of hydrogen-bond donors (Lipinski definition) is 0. The third-order valence-electron chi connectivity index (χ3n) is 3.74. The molecule has 0 radical (unpaired) electrons. The van der Waals surface area contributed by atoms with Crippen molar-refractivity contribution in [2.75, 3.05) is 0 Å². The molecular weight excluding hydrogens is 302 g/mol. The average Bonchev–Trinajstić information content (AvgIpc) is 3.00. The average molecular weight is 321 g/mol. The van der Waals surface area contributed by atoms with E-state index in [9.17, 15) is 4.79 Å². The SMILES string of the molecule is Cc1oc(-c2ccccc2)nc1COc1cccc(CCC=O)c1. The minimum atomic E-state index is 0.347. The fourth-order valence-corrected chi connectivity index (χ4v) is 2.43. The highest BCUT2D eigenvalue weighted by Crippen LogP contribution is 2.23. The van der Waals surface area contributed by atoms with Crippen molar-refractivity contribution in [1.82, 2.24) is 4.98 Å². The van der Waals surface area contributed by atoms with Crippen molar-refractivity contribution < 1.29 is 13.9 Å². The van der Waals surface area contributed by atoms with Gasteiger partial charge in [0.25, 0.3) is 0 Å². The van der Waals surface area contributed by atoms with Gasteiger partial charge in [-0.1, -0.05) is 30.3 Å². The summed E-state index contributed by atoms with van der Waals surface area (Å²) in [5.41, 5.74) is 2.82. The van der Waals surface area contributed by atoms with Crippen LogP contribution in [-0.4, -0.2) is 11.3 Å². The zero-order valence-corrected chi connectivity index (χ0v) is 13.6. The van der Waals surface area contributed by atoms with Gasteiger partial charge in [-0.15, -0.1) is 0 Å². The van der Waals surface area contributed by atoms with Crippen LogP contribution in [0.15, 0.2) is 59.0 Å². The Hall–Kier alpha value is -2.88. The molecule has 0 saturated heterocycles. The Labute approximate surface area is 141 Å². The monoisotopic (exact) mass is 321 g/mol. The number of ether oxygens (including phenoxy) is 1. The van der Waals surface area contributed by atoms with Gasteiger partial charge in [0.05, 0.1) is 0 Å². The topological polar surface area (TPSA) is 52.3 Å². The summed E-state index contributed by atoms with van der Waals surface area (Å²) in [7, 11) is 0. The first-order valence-electron chi connectivity index (χ1n) is 7.93. The Morgan fingerprint density at radius 1 is 1.12 bits per heavy atom. The molecule has 0 N–H and O–H groups in total. The summed E-state index contributed by atoms with van der Waals surface area (Å²) >= 11 is 0. The Balaban J connectivity index is 1.69. The molecule has 4 nitrogen and oxygen atoms in total. The number of carbonyl (C=O) groups excluding carboxylic acids is 1. The fourth-order valence-electron chi connectivity index (χ4n) is 2.43. The van der Waals surface area contributed by atoms with Crippen molar-refractivity contribution in [2.45, 2.75) is 26.4 Å². The molecule has 4 heteroatoms. The number of aldehydes is 1. The first-order chi connectivity index (χ1) is 11.8. The van der Waals surface area contributed by atoms with Crippen molar-refractivity contribution in [3.05, 3.63) is 71.6 Å². The molecule has 1 aromatic heterocycles. The highest BCUT2D eigenvalue weighted by atomic mass is 16.5. The predicted octanol–water partition coefficient (Wildman–Crippen LogP) is 4.36. The zero-order chi connectivity index (χ0) is 16.8. The highest BCUT2D eigenvalue weighted by molar-refractivity contribution is 5.53. The van der Waals surface area contributed by atoms with Gasteiger partial charge in [0.1, 0.15) is 30.1 Å². The van der Waals surface area contributed by atoms with E-state index in [4.69, 9.17) is 9.15 Å². The molecule has 0 aliphatic rings. The molecule has 0 spiro atoms. The van der Waals surface area contributed by atoms with Gasteiger partial charge >= 0.3 is 0 Å². The predicted molar refractivity (Wildman–Crippen MR) is 91.8 cm³/mol. The molecule has 0 atom stereocenters. The molecule has 24 heavy (non-hydrogen) atoms. The first-order valence-corrected chi connectivity index (χ1v) is 7.93. The van der Waals surface area contributed by atoms with Crippen molar-refractivity contribution >= 4 is 6.29 Å². The normalized spacial score (nSPS) is 10.5. The Morgan fingerprint density at radius 2 is 1.96 bits per heavy atom. The maximum absolute atomic E-state index is 10.5. The van der Waals surface area contributed by atoms with E-state index >= 15 is 0 Å². The van der Waals surface area contributed by atoms with Crippen LogP contribution in [0.4, 0.5) is 0 Å². The second-order valence-corrected chi connectivity index (χ2v) is 5.53. The van der Waals surface area contributed by atoms with Crippen LogP contribution in [0.1, 0.15) is 23.4 Å². The van der Waals surface area contributed by atoms with Crippen LogP contribution < -0.4 is 4.74 Å². The van der Waals surface area contributed by atoms with Gasteiger partial charge in [-0.3, -0.25) is 0 Å². The first kappa shape index (κ1) is 16.0. The van der Waals surface area contributed by atoms with Gasteiger partial charge in [-0.05, 0) is 43.2 Å². The summed E-state index contributed by atoms with van der Waals surface area (Å²) < 4.78 is 11.6. The molecule has 0 aliphatic carbocycles. The molecule has 2 aromatic carbocycles. The quantitative estimate of drug-likeness (QED) is 0.607. The molecule has 122 valence electrons. The summed E-state index contributed by atoms with van der Waals surface area (Å²) in [6.45, 7) is 2.23.